The minimum Gasteiger partial charge on any atom is -0.548 e. The van der Waals surface area contributed by atoms with Gasteiger partial charge in [-0.2, -0.15) is 5.26 Å². The maximum absolute atomic E-state index is 13.2. The predicted molar refractivity (Wildman–Crippen MR) is 116 cm³/mol. The van der Waals surface area contributed by atoms with Crippen LogP contribution in [0.5, 0.6) is 17.2 Å². The van der Waals surface area contributed by atoms with E-state index in [2.05, 4.69) is 4.74 Å². The van der Waals surface area contributed by atoms with Crippen molar-refractivity contribution in [2.75, 3.05) is 0 Å². The number of hydrogen-bond donors (Lipinski definition) is 0. The molecule has 8 heteroatoms. The van der Waals surface area contributed by atoms with Crippen molar-refractivity contribution >= 4 is 5.97 Å². The second-order valence-electron chi connectivity index (χ2n) is 7.91. The summed E-state index contributed by atoms with van der Waals surface area (Å²) >= 11 is 0. The first-order chi connectivity index (χ1) is 16.1. The first-order valence-corrected chi connectivity index (χ1v) is 10.4. The smallest absolute Gasteiger partial charge is 0.548 e. The Morgan fingerprint density at radius 3 is 2.09 bits per heavy atom. The van der Waals surface area contributed by atoms with Crippen molar-refractivity contribution in [3.63, 3.8) is 0 Å². The second-order valence-corrected chi connectivity index (χ2v) is 7.91. The third kappa shape index (κ3) is 5.15. The Kier molecular flexibility index (Phi) is 7.16. The van der Waals surface area contributed by atoms with Crippen LogP contribution in [0.15, 0.2) is 72.8 Å². The highest BCUT2D eigenvalue weighted by molar-refractivity contribution is 5.85. The van der Waals surface area contributed by atoms with E-state index in [0.29, 0.717) is 5.56 Å². The summed E-state index contributed by atoms with van der Waals surface area (Å²) in [4.78, 5) is 12.3. The summed E-state index contributed by atoms with van der Waals surface area (Å²) in [5.74, 6) is -3.20. The van der Waals surface area contributed by atoms with Crippen LogP contribution in [0.25, 0.3) is 0 Å². The van der Waals surface area contributed by atoms with Crippen molar-refractivity contribution in [1.29, 1.82) is 5.26 Å². The van der Waals surface area contributed by atoms with Gasteiger partial charge in [0.05, 0.1) is 12.0 Å². The van der Waals surface area contributed by atoms with Gasteiger partial charge >= 0.3 is 6.36 Å². The van der Waals surface area contributed by atoms with Crippen molar-refractivity contribution in [3.05, 3.63) is 89.5 Å². The van der Waals surface area contributed by atoms with Gasteiger partial charge in [0.25, 0.3) is 0 Å². The Labute approximate surface area is 195 Å². The lowest BCUT2D eigenvalue weighted by Crippen LogP contribution is -2.49. The number of nitriles is 1. The Hall–Kier alpha value is -3.99. The van der Waals surface area contributed by atoms with E-state index in [1.807, 2.05) is 6.07 Å². The van der Waals surface area contributed by atoms with Gasteiger partial charge in [-0.1, -0.05) is 68.4 Å². The fourth-order valence-electron chi connectivity index (χ4n) is 3.77. The van der Waals surface area contributed by atoms with Gasteiger partial charge in [-0.25, -0.2) is 0 Å². The van der Waals surface area contributed by atoms with E-state index in [-0.39, 0.29) is 29.0 Å². The molecule has 3 aromatic rings. The van der Waals surface area contributed by atoms with Gasteiger partial charge in [-0.15, -0.1) is 13.2 Å². The Balaban J connectivity index is 2.36. The maximum Gasteiger partial charge on any atom is 0.573 e. The lowest BCUT2D eigenvalue weighted by atomic mass is 9.70. The average molecular weight is 468 g/mol. The number of carbonyl (C=O) groups is 1. The summed E-state index contributed by atoms with van der Waals surface area (Å²) in [6.45, 7) is 3.06. The largest absolute Gasteiger partial charge is 0.573 e. The number of carboxylic acids is 1. The Morgan fingerprint density at radius 1 is 1.00 bits per heavy atom. The molecule has 3 rings (SSSR count). The van der Waals surface area contributed by atoms with Crippen molar-refractivity contribution in [1.82, 2.24) is 0 Å². The topological polar surface area (TPSA) is 82.4 Å². The Bertz CT molecular complexity index is 1190. The number of halogens is 3. The van der Waals surface area contributed by atoms with E-state index in [9.17, 15) is 28.3 Å². The number of carboxylic acid groups (broad SMARTS) is 1. The summed E-state index contributed by atoms with van der Waals surface area (Å²) in [5, 5.41) is 22.3. The van der Waals surface area contributed by atoms with E-state index < -0.39 is 29.4 Å². The van der Waals surface area contributed by atoms with E-state index in [0.717, 1.165) is 12.1 Å². The first-order valence-electron chi connectivity index (χ1n) is 10.4. The molecular formula is C26H21F3NO4-. The van der Waals surface area contributed by atoms with Crippen LogP contribution in [-0.4, -0.2) is 12.3 Å². The maximum atomic E-state index is 13.2. The standard InChI is InChI=1S/C26H22F3NO4/c1-17(2)25(16-30,24(31)32)21-13-14-22(34-26(27,28)29)23(33-19-11-7-4-8-12-19)20(21)15-18-9-5-3-6-10-18/h3-14,17H,15H2,1-2H3,(H,31,32)/p-1. The van der Waals surface area contributed by atoms with Crippen molar-refractivity contribution < 1.29 is 32.5 Å². The van der Waals surface area contributed by atoms with Crippen molar-refractivity contribution in [3.8, 4) is 23.3 Å². The fourth-order valence-corrected chi connectivity index (χ4v) is 3.77. The second kappa shape index (κ2) is 9.87. The normalized spacial score (nSPS) is 13.1. The number of aliphatic carboxylic acids is 1. The average Bonchev–Trinajstić information content (AvgIpc) is 2.78. The molecule has 0 amide bonds. The SMILES string of the molecule is CC(C)C(C#N)(C(=O)[O-])c1ccc(OC(F)(F)F)c(Oc2ccccc2)c1Cc1ccccc1. The predicted octanol–water partition coefficient (Wildman–Crippen LogP) is 5.14. The van der Waals surface area contributed by atoms with Crippen molar-refractivity contribution in [2.24, 2.45) is 5.92 Å². The fraction of sp³-hybridized carbons (Fsp3) is 0.231. The molecule has 5 nitrogen and oxygen atoms in total. The highest BCUT2D eigenvalue weighted by Crippen LogP contribution is 2.45. The Morgan fingerprint density at radius 2 is 1.59 bits per heavy atom. The molecule has 0 saturated heterocycles. The quantitative estimate of drug-likeness (QED) is 0.458. The third-order valence-corrected chi connectivity index (χ3v) is 5.43. The molecule has 0 aliphatic heterocycles. The number of ether oxygens (including phenoxy) is 2. The van der Waals surface area contributed by atoms with Gasteiger partial charge < -0.3 is 19.4 Å². The lowest BCUT2D eigenvalue weighted by molar-refractivity contribution is -0.313. The van der Waals surface area contributed by atoms with Gasteiger partial charge in [0, 0.05) is 12.0 Å². The molecule has 0 saturated carbocycles. The van der Waals surface area contributed by atoms with Crippen LogP contribution in [0.2, 0.25) is 0 Å². The lowest BCUT2D eigenvalue weighted by Gasteiger charge is -2.35. The number of alkyl halides is 3. The van der Waals surface area contributed by atoms with Crippen molar-refractivity contribution in [2.45, 2.75) is 32.0 Å². The molecule has 34 heavy (non-hydrogen) atoms. The zero-order valence-electron chi connectivity index (χ0n) is 18.4. The van der Waals surface area contributed by atoms with E-state index in [1.54, 1.807) is 48.5 Å². The van der Waals surface area contributed by atoms with Crippen LogP contribution in [0.4, 0.5) is 13.2 Å². The minimum atomic E-state index is -5.03. The summed E-state index contributed by atoms with van der Waals surface area (Å²) in [6.07, 6.45) is -5.05. The molecule has 0 aromatic heterocycles. The number of nitrogens with zero attached hydrogens (tertiary/aromatic N) is 1. The molecule has 0 N–H and O–H groups in total. The van der Waals surface area contributed by atoms with Crippen LogP contribution in [0.1, 0.15) is 30.5 Å². The number of rotatable bonds is 8. The van der Waals surface area contributed by atoms with E-state index in [1.165, 1.54) is 26.0 Å². The summed E-state index contributed by atoms with van der Waals surface area (Å²) in [5.41, 5.74) is -1.42. The number of carbonyl (C=O) groups excluding carboxylic acids is 1. The number of para-hydroxylation sites is 1. The van der Waals surface area contributed by atoms with E-state index >= 15 is 0 Å². The van der Waals surface area contributed by atoms with Gasteiger partial charge in [-0.3, -0.25) is 0 Å². The molecule has 0 fully saturated rings. The molecule has 3 aromatic carbocycles. The highest BCUT2D eigenvalue weighted by Gasteiger charge is 2.42. The zero-order valence-corrected chi connectivity index (χ0v) is 18.4. The van der Waals surface area contributed by atoms with Gasteiger partial charge in [0.2, 0.25) is 0 Å². The molecule has 0 aliphatic carbocycles. The van der Waals surface area contributed by atoms with E-state index in [4.69, 9.17) is 4.74 Å². The zero-order chi connectivity index (χ0) is 24.9. The number of hydrogen-bond acceptors (Lipinski definition) is 5. The summed E-state index contributed by atoms with van der Waals surface area (Å²) in [7, 11) is 0. The molecule has 0 bridgehead atoms. The summed E-state index contributed by atoms with van der Waals surface area (Å²) < 4.78 is 49.8. The van der Waals surface area contributed by atoms with Gasteiger partial charge in [0.15, 0.2) is 11.5 Å². The summed E-state index contributed by atoms with van der Waals surface area (Å²) in [6, 6.07) is 20.7. The van der Waals surface area contributed by atoms with Crippen LogP contribution >= 0.6 is 0 Å². The highest BCUT2D eigenvalue weighted by atomic mass is 19.4. The molecule has 176 valence electrons. The van der Waals surface area contributed by atoms with Crippen LogP contribution in [0, 0.1) is 17.2 Å². The van der Waals surface area contributed by atoms with Gasteiger partial charge in [-0.05, 0) is 35.2 Å². The molecule has 0 heterocycles. The van der Waals surface area contributed by atoms with Crippen LogP contribution in [0.3, 0.4) is 0 Å². The minimum absolute atomic E-state index is 0.0170. The third-order valence-electron chi connectivity index (χ3n) is 5.43. The van der Waals surface area contributed by atoms with Gasteiger partial charge in [0.1, 0.15) is 11.2 Å². The van der Waals surface area contributed by atoms with Crippen LogP contribution in [-0.2, 0) is 16.6 Å². The number of benzene rings is 3. The molecule has 1 unspecified atom stereocenters. The monoisotopic (exact) mass is 468 g/mol. The molecule has 0 aliphatic rings. The van der Waals surface area contributed by atoms with Crippen LogP contribution < -0.4 is 14.6 Å². The molecular weight excluding hydrogens is 447 g/mol. The first kappa shape index (κ1) is 24.6. The molecule has 1 atom stereocenters. The molecule has 0 radical (unpaired) electrons. The molecule has 0 spiro atoms.